The van der Waals surface area contributed by atoms with Gasteiger partial charge in [-0.15, -0.1) is 35.8 Å². The number of anilines is 1. The van der Waals surface area contributed by atoms with E-state index < -0.39 is 212 Å². The molecule has 46 heteroatoms. The van der Waals surface area contributed by atoms with Gasteiger partial charge in [-0.3, -0.25) is 42.0 Å². The maximum Gasteiger partial charge on any atom is 0.297 e. The Hall–Kier alpha value is -9.30. The fraction of sp³-hybridized carbons (Fsp3) is 0.0930. The highest BCUT2D eigenvalue weighted by Gasteiger charge is 2.36. The highest BCUT2D eigenvalue weighted by Crippen LogP contribution is 2.50. The lowest BCUT2D eigenvalue weighted by molar-refractivity contribution is -0.419. The van der Waals surface area contributed by atoms with E-state index in [2.05, 4.69) is 46.0 Å². The Morgan fingerprint density at radius 1 is 0.573 bits per heavy atom. The van der Waals surface area contributed by atoms with Crippen LogP contribution >= 0.6 is 0 Å². The molecule has 6 aromatic carbocycles. The smallest absolute Gasteiger partial charge is 0.297 e. The van der Waals surface area contributed by atoms with Crippen LogP contribution in [0.1, 0.15) is 5.69 Å². The van der Waals surface area contributed by atoms with Crippen molar-refractivity contribution in [2.24, 2.45) is 40.9 Å². The summed E-state index contributed by atoms with van der Waals surface area (Å²) in [4.78, 5) is 2.79. The Balaban J connectivity index is 1.25. The van der Waals surface area contributed by atoms with Crippen LogP contribution in [0, 0.1) is 17.0 Å². The zero-order valence-corrected chi connectivity index (χ0v) is 49.2. The quantitative estimate of drug-likeness (QED) is 0.0146. The molecule has 7 aromatic rings. The minimum atomic E-state index is -5.79. The number of phenolic OH excluding ortho intramolecular Hbond substituents is 2. The normalized spacial score (nSPS) is 15.8. The first-order valence-electron chi connectivity index (χ1n) is 23.0. The highest BCUT2D eigenvalue weighted by atomic mass is 32.2. The van der Waals surface area contributed by atoms with Crippen molar-refractivity contribution >= 4 is 138 Å². The number of phenols is 2. The number of ether oxygens (including phenoxy) is 1. The number of nitrogens with zero attached hydrogens (tertiary/aromatic N) is 11. The van der Waals surface area contributed by atoms with Crippen molar-refractivity contribution < 1.29 is 116 Å². The van der Waals surface area contributed by atoms with Crippen LogP contribution in [0.25, 0.3) is 27.2 Å². The van der Waals surface area contributed by atoms with Gasteiger partial charge in [-0.05, 0) is 73.7 Å². The second-order valence-corrected chi connectivity index (χ2v) is 27.8. The number of methoxy groups -OCH3 is 1. The van der Waals surface area contributed by atoms with E-state index in [1.54, 1.807) is 0 Å². The number of fused-ring (bicyclic) bond motifs is 2. The lowest BCUT2D eigenvalue weighted by Gasteiger charge is -2.17. The van der Waals surface area contributed by atoms with Crippen LogP contribution in [0.15, 0.2) is 161 Å². The molecule has 0 saturated carbocycles. The Labute approximate surface area is 497 Å². The Kier molecular flexibility index (Phi) is 17.0. The molecule has 1 heterocycles. The van der Waals surface area contributed by atoms with Crippen molar-refractivity contribution in [1.82, 2.24) is 9.78 Å². The largest absolute Gasteiger partial charge is 0.505 e. The van der Waals surface area contributed by atoms with Gasteiger partial charge in [0.15, 0.2) is 17.2 Å². The molecule has 2 atom stereocenters. The summed E-state index contributed by atoms with van der Waals surface area (Å²) < 4.78 is 253. The third-order valence-electron chi connectivity index (χ3n) is 12.3. The predicted octanol–water partition coefficient (Wildman–Crippen LogP) is 6.36. The van der Waals surface area contributed by atoms with Crippen LogP contribution in [0.4, 0.5) is 45.5 Å². The van der Waals surface area contributed by atoms with Crippen LogP contribution in [-0.2, 0) is 70.8 Å². The van der Waals surface area contributed by atoms with Crippen LogP contribution in [0.5, 0.6) is 23.1 Å². The first-order chi connectivity index (χ1) is 40.9. The summed E-state index contributed by atoms with van der Waals surface area (Å²) in [7, 11) is -37.1. The average molecular weight is 1380 g/mol. The lowest BCUT2D eigenvalue weighted by atomic mass is 10.0. The third-order valence-corrected chi connectivity index (χ3v) is 18.7. The molecule has 0 spiro atoms. The molecule has 1 aliphatic carbocycles. The predicted molar refractivity (Wildman–Crippen MR) is 298 cm³/mol. The molecule has 0 amide bonds. The summed E-state index contributed by atoms with van der Waals surface area (Å²) in [5.74, 6) is -4.30. The second-order valence-electron chi connectivity index (χ2n) is 17.9. The van der Waals surface area contributed by atoms with Crippen molar-refractivity contribution in [2.75, 3.05) is 12.8 Å². The molecule has 0 fully saturated rings. The summed E-state index contributed by atoms with van der Waals surface area (Å²) in [6.45, 7) is 1.29. The molecular weight excluding hydrogens is 1340 g/mol. The number of aromatic nitrogens is 2. The molecular formula is C43H34N12O27S7. The number of nitro groups is 1. The molecule has 0 aliphatic heterocycles. The van der Waals surface area contributed by atoms with Crippen LogP contribution in [-0.4, -0.2) is 139 Å². The number of hydrogen-bond donors (Lipinski definition) is 11. The number of nitrogens with two attached hydrogens (primary N) is 1. The van der Waals surface area contributed by atoms with Crippen molar-refractivity contribution in [3.05, 3.63) is 106 Å². The van der Waals surface area contributed by atoms with Gasteiger partial charge in [0.05, 0.1) is 39.4 Å². The fourth-order valence-corrected chi connectivity index (χ4v) is 13.0. The van der Waals surface area contributed by atoms with Gasteiger partial charge < -0.3 is 25.8 Å². The number of aryl methyl sites for hydroxylation is 1. The fourth-order valence-electron chi connectivity index (χ4n) is 8.31. The monoisotopic (exact) mass is 1370 g/mol. The number of benzene rings is 6. The van der Waals surface area contributed by atoms with Crippen LogP contribution in [0.3, 0.4) is 0 Å². The zero-order chi connectivity index (χ0) is 66.2. The van der Waals surface area contributed by atoms with Crippen molar-refractivity contribution in [3.8, 4) is 28.8 Å². The summed E-state index contributed by atoms with van der Waals surface area (Å²) in [6, 6.07) is 5.80. The van der Waals surface area contributed by atoms with Gasteiger partial charge in [0.25, 0.3) is 76.5 Å². The third kappa shape index (κ3) is 13.3. The van der Waals surface area contributed by atoms with Gasteiger partial charge in [-0.25, -0.2) is 0 Å². The number of aromatic hydroxyl groups is 3. The van der Waals surface area contributed by atoms with E-state index in [4.69, 9.17) is 10.5 Å². The van der Waals surface area contributed by atoms with E-state index in [9.17, 15) is 116 Å². The van der Waals surface area contributed by atoms with E-state index in [0.717, 1.165) is 42.1 Å². The molecule has 12 N–H and O–H groups in total. The molecule has 1 aromatic heterocycles. The highest BCUT2D eigenvalue weighted by molar-refractivity contribution is 7.87. The zero-order valence-electron chi connectivity index (χ0n) is 43.5. The summed E-state index contributed by atoms with van der Waals surface area (Å²) in [5, 5.41) is 72.6. The van der Waals surface area contributed by atoms with Crippen molar-refractivity contribution in [3.63, 3.8) is 0 Å². The topological polar surface area (TPSA) is 636 Å². The maximum atomic E-state index is 13.2. The second kappa shape index (κ2) is 23.0. The van der Waals surface area contributed by atoms with E-state index in [-0.39, 0.29) is 23.5 Å². The number of azo groups is 4. The number of nitrogen functional groups attached to an aromatic ring is 1. The van der Waals surface area contributed by atoms with Gasteiger partial charge >= 0.3 is 0 Å². The Morgan fingerprint density at radius 3 is 1.65 bits per heavy atom. The Morgan fingerprint density at radius 2 is 1.11 bits per heavy atom. The van der Waals surface area contributed by atoms with Gasteiger partial charge in [0, 0.05) is 34.4 Å². The lowest BCUT2D eigenvalue weighted by Crippen LogP contribution is -2.32. The summed E-state index contributed by atoms with van der Waals surface area (Å²) in [6.07, 6.45) is 1.81. The minimum absolute atomic E-state index is 0.0117. The standard InChI is InChI=1S/C43H34N12O27S7/c1-17-37(43(58)54(53-17)18-3-6-20(7-4-18)83(61,62)63)50-48-27-14-26(29(82-2)16-32(27)86(70,71)72)47-51-38-33(87(73,74)75)12-22-21(40(38)56)8-10-25(42(22)89(79,80)81)46-49-28-15-30(84(64,65)66)23-13-34(88(76,77)78)39(41(57)35(23)36(28)44)52-45-24-9-5-19(55(59)60)11-31(24)85(67,68)69/h3-16,24,31,56-58H,44H2,1-2H3,(H,61,62,63)(H,64,65,66)(H,67,68,69)(H,70,71,72)(H,73,74,75)(H,76,77,78)(H,79,80,81). The van der Waals surface area contributed by atoms with Gasteiger partial charge in [0.2, 0.25) is 5.88 Å². The van der Waals surface area contributed by atoms with E-state index in [1.165, 1.54) is 6.92 Å². The molecule has 8 rings (SSSR count). The van der Waals surface area contributed by atoms with Crippen LogP contribution < -0.4 is 10.5 Å². The van der Waals surface area contributed by atoms with E-state index in [1.807, 2.05) is 0 Å². The molecule has 0 radical (unpaired) electrons. The molecule has 39 nitrogen and oxygen atoms in total. The molecule has 0 saturated heterocycles. The summed E-state index contributed by atoms with van der Waals surface area (Å²) >= 11 is 0. The maximum absolute atomic E-state index is 13.2. The van der Waals surface area contributed by atoms with Gasteiger partial charge in [-0.2, -0.15) is 73.8 Å². The first-order valence-corrected chi connectivity index (χ1v) is 33.1. The molecule has 1 aliphatic rings. The van der Waals surface area contributed by atoms with Gasteiger partial charge in [0.1, 0.15) is 75.6 Å². The number of rotatable bonds is 18. The molecule has 0 bridgehead atoms. The van der Waals surface area contributed by atoms with E-state index in [0.29, 0.717) is 42.5 Å². The van der Waals surface area contributed by atoms with Crippen molar-refractivity contribution in [2.45, 2.75) is 47.6 Å². The molecule has 89 heavy (non-hydrogen) atoms. The molecule has 470 valence electrons. The number of hydrogen-bond acceptors (Lipinski definition) is 30. The summed E-state index contributed by atoms with van der Waals surface area (Å²) in [5.41, 5.74) is -2.30. The van der Waals surface area contributed by atoms with Gasteiger partial charge in [-0.1, -0.05) is 0 Å². The van der Waals surface area contributed by atoms with E-state index >= 15 is 0 Å². The minimum Gasteiger partial charge on any atom is -0.505 e. The number of allylic oxidation sites excluding steroid dienone is 1. The van der Waals surface area contributed by atoms with Crippen molar-refractivity contribution in [1.29, 1.82) is 0 Å². The SMILES string of the molecule is COc1cc(S(=O)(=O)O)c(N=Nc2c(C)nn(-c3ccc(S(=O)(=O)O)cc3)c2O)cc1N=Nc1c(S(=O)(=O)O)cc2c(S(=O)(=O)O)c(N=Nc3cc(S(=O)(=O)O)c4cc(S(=O)(=O)O)c(N=NC5C=CC([N+](=O)[O-])=CC5S(=O)(=O)O)c(O)c4c3N)ccc2c1O. The average Bonchev–Trinajstić information content (AvgIpc) is 2.85. The first kappa shape index (κ1) is 65.7. The van der Waals surface area contributed by atoms with Crippen LogP contribution in [0.2, 0.25) is 0 Å². The molecule has 2 unspecified atom stereocenters. The Bertz CT molecular complexity index is 5310.